The van der Waals surface area contributed by atoms with Crippen molar-refractivity contribution in [2.24, 2.45) is 5.41 Å². The van der Waals surface area contributed by atoms with Crippen LogP contribution >= 0.6 is 0 Å². The monoisotopic (exact) mass is 411 g/mol. The quantitative estimate of drug-likeness (QED) is 0.460. The molecule has 3 amide bonds. The summed E-state index contributed by atoms with van der Waals surface area (Å²) in [4.78, 5) is 35.2. The zero-order valence-corrected chi connectivity index (χ0v) is 16.1. The van der Waals surface area contributed by atoms with Crippen LogP contribution in [0.4, 0.5) is 23.7 Å². The van der Waals surface area contributed by atoms with E-state index in [-0.39, 0.29) is 18.5 Å². The van der Waals surface area contributed by atoms with Crippen molar-refractivity contribution in [1.29, 1.82) is 0 Å². The van der Waals surface area contributed by atoms with E-state index in [1.54, 1.807) is 6.92 Å². The van der Waals surface area contributed by atoms with Crippen LogP contribution < -0.4 is 5.32 Å². The number of hydrogen-bond acceptors (Lipinski definition) is 4. The van der Waals surface area contributed by atoms with Gasteiger partial charge in [-0.05, 0) is 48.4 Å². The third-order valence-corrected chi connectivity index (χ3v) is 5.29. The summed E-state index contributed by atoms with van der Waals surface area (Å²) in [7, 11) is 0. The summed E-state index contributed by atoms with van der Waals surface area (Å²) < 4.78 is 40.1. The van der Waals surface area contributed by atoms with Crippen molar-refractivity contribution in [2.75, 3.05) is 6.54 Å². The predicted molar refractivity (Wildman–Crippen MR) is 97.7 cm³/mol. The van der Waals surface area contributed by atoms with Gasteiger partial charge in [0, 0.05) is 11.6 Å². The number of carbonyl (C=O) groups excluding carboxylic acids is 2. The average molecular weight is 411 g/mol. The lowest BCUT2D eigenvalue weighted by atomic mass is 9.68. The van der Waals surface area contributed by atoms with Crippen molar-refractivity contribution in [1.82, 2.24) is 10.2 Å². The molecule has 1 atom stereocenters. The summed E-state index contributed by atoms with van der Waals surface area (Å²) in [6, 6.07) is 2.38. The minimum Gasteiger partial charge on any atom is -0.309 e. The Morgan fingerprint density at radius 1 is 1.21 bits per heavy atom. The second-order valence-electron chi connectivity index (χ2n) is 8.43. The molecule has 10 heteroatoms. The topological polar surface area (TPSA) is 92.6 Å². The maximum absolute atomic E-state index is 13.4. The molecular formula is C19H20F3N3O4. The molecule has 7 nitrogen and oxygen atoms in total. The van der Waals surface area contributed by atoms with Crippen LogP contribution in [-0.4, -0.2) is 33.8 Å². The van der Waals surface area contributed by atoms with Gasteiger partial charge in [-0.15, -0.1) is 0 Å². The molecule has 1 fully saturated rings. The minimum absolute atomic E-state index is 0.118. The number of carbonyl (C=O) groups is 2. The van der Waals surface area contributed by atoms with Crippen LogP contribution in [0.5, 0.6) is 0 Å². The highest BCUT2D eigenvalue weighted by molar-refractivity contribution is 6.02. The number of rotatable bonds is 3. The largest absolute Gasteiger partial charge is 0.423 e. The molecule has 3 rings (SSSR count). The number of amides is 3. The molecule has 1 unspecified atom stereocenters. The number of halogens is 3. The molecule has 1 saturated heterocycles. The number of urea groups is 1. The number of hydrogen-bond donors (Lipinski definition) is 1. The van der Waals surface area contributed by atoms with Crippen molar-refractivity contribution in [3.8, 4) is 0 Å². The number of nitrogens with zero attached hydrogens (tertiary/aromatic N) is 2. The molecule has 1 aliphatic carbocycles. The SMILES string of the molecule is CC1(C)C=C(c2ccc([N+](=O)[O-])c(C(F)(F)F)c2)CC(C)(N2CC(=O)NC2=O)C1. The molecule has 0 radical (unpaired) electrons. The van der Waals surface area contributed by atoms with E-state index >= 15 is 0 Å². The molecule has 1 aliphatic heterocycles. The van der Waals surface area contributed by atoms with Crippen LogP contribution in [0.25, 0.3) is 5.57 Å². The third-order valence-electron chi connectivity index (χ3n) is 5.29. The van der Waals surface area contributed by atoms with Gasteiger partial charge in [-0.2, -0.15) is 13.2 Å². The van der Waals surface area contributed by atoms with Crippen LogP contribution in [0.2, 0.25) is 0 Å². The molecule has 0 saturated carbocycles. The van der Waals surface area contributed by atoms with Gasteiger partial charge in [0.25, 0.3) is 5.69 Å². The maximum Gasteiger partial charge on any atom is 0.423 e. The highest BCUT2D eigenvalue weighted by Crippen LogP contribution is 2.47. The van der Waals surface area contributed by atoms with Crippen molar-refractivity contribution in [3.63, 3.8) is 0 Å². The lowest BCUT2D eigenvalue weighted by Crippen LogP contribution is -2.51. The molecule has 0 bridgehead atoms. The first-order chi connectivity index (χ1) is 13.2. The Morgan fingerprint density at radius 3 is 2.38 bits per heavy atom. The van der Waals surface area contributed by atoms with Gasteiger partial charge in [0.1, 0.15) is 12.1 Å². The number of imide groups is 1. The standard InChI is InChI=1S/C19H20F3N3O4/c1-17(2)7-12(8-18(3,10-17)24-9-15(26)23-16(24)27)11-4-5-14(25(28)29)13(6-11)19(20,21)22/h4-7H,8-10H2,1-3H3,(H,23,26,27). The number of alkyl halides is 3. The fraction of sp³-hybridized carbons (Fsp3) is 0.474. The minimum atomic E-state index is -4.88. The Hall–Kier alpha value is -2.91. The van der Waals surface area contributed by atoms with Crippen molar-refractivity contribution in [2.45, 2.75) is 45.3 Å². The first-order valence-corrected chi connectivity index (χ1v) is 8.91. The van der Waals surface area contributed by atoms with E-state index < -0.39 is 45.2 Å². The molecule has 1 N–H and O–H groups in total. The molecule has 1 aromatic carbocycles. The highest BCUT2D eigenvalue weighted by atomic mass is 19.4. The third kappa shape index (κ3) is 3.96. The molecule has 0 spiro atoms. The van der Waals surface area contributed by atoms with E-state index in [1.807, 2.05) is 19.9 Å². The molecule has 2 aliphatic rings. The number of allylic oxidation sites excluding steroid dienone is 1. The van der Waals surface area contributed by atoms with E-state index in [9.17, 15) is 32.9 Å². The molecule has 1 aromatic rings. The van der Waals surface area contributed by atoms with E-state index in [0.29, 0.717) is 12.0 Å². The number of nitro groups is 1. The van der Waals surface area contributed by atoms with E-state index in [1.165, 1.54) is 11.0 Å². The van der Waals surface area contributed by atoms with Gasteiger partial charge in [0.2, 0.25) is 5.91 Å². The Bertz CT molecular complexity index is 939. The summed E-state index contributed by atoms with van der Waals surface area (Å²) in [5.41, 5.74) is -2.87. The first-order valence-electron chi connectivity index (χ1n) is 8.91. The van der Waals surface area contributed by atoms with E-state index in [0.717, 1.165) is 12.1 Å². The Labute approximate surface area is 164 Å². The smallest absolute Gasteiger partial charge is 0.309 e. The summed E-state index contributed by atoms with van der Waals surface area (Å²) in [5, 5.41) is 13.2. The summed E-state index contributed by atoms with van der Waals surface area (Å²) in [5.74, 6) is -0.431. The number of nitro benzene ring substituents is 1. The number of benzene rings is 1. The van der Waals surface area contributed by atoms with E-state index in [4.69, 9.17) is 0 Å². The molecule has 29 heavy (non-hydrogen) atoms. The van der Waals surface area contributed by atoms with Gasteiger partial charge in [0.15, 0.2) is 0 Å². The fourth-order valence-corrected chi connectivity index (χ4v) is 4.40. The van der Waals surface area contributed by atoms with Gasteiger partial charge < -0.3 is 4.90 Å². The van der Waals surface area contributed by atoms with Gasteiger partial charge in [-0.3, -0.25) is 20.2 Å². The Kier molecular flexibility index (Phi) is 4.71. The van der Waals surface area contributed by atoms with Gasteiger partial charge in [-0.1, -0.05) is 19.9 Å². The lowest BCUT2D eigenvalue weighted by molar-refractivity contribution is -0.388. The normalized spacial score (nSPS) is 24.3. The zero-order chi connectivity index (χ0) is 21.8. The zero-order valence-electron chi connectivity index (χ0n) is 16.1. The second-order valence-corrected chi connectivity index (χ2v) is 8.43. The summed E-state index contributed by atoms with van der Waals surface area (Å²) >= 11 is 0. The summed E-state index contributed by atoms with van der Waals surface area (Å²) in [6.07, 6.45) is -2.34. The fourth-order valence-electron chi connectivity index (χ4n) is 4.40. The predicted octanol–water partition coefficient (Wildman–Crippen LogP) is 4.13. The van der Waals surface area contributed by atoms with Gasteiger partial charge >= 0.3 is 12.2 Å². The highest BCUT2D eigenvalue weighted by Gasteiger charge is 2.47. The van der Waals surface area contributed by atoms with Gasteiger partial charge in [-0.25, -0.2) is 4.79 Å². The lowest BCUT2D eigenvalue weighted by Gasteiger charge is -2.46. The molecule has 0 aromatic heterocycles. The first kappa shape index (κ1) is 20.8. The maximum atomic E-state index is 13.4. The van der Waals surface area contributed by atoms with Crippen molar-refractivity contribution in [3.05, 3.63) is 45.5 Å². The molecule has 156 valence electrons. The second kappa shape index (κ2) is 6.57. The van der Waals surface area contributed by atoms with Crippen molar-refractivity contribution < 1.29 is 27.7 Å². The number of nitrogens with one attached hydrogen (secondary N) is 1. The Balaban J connectivity index is 2.06. The molecular weight excluding hydrogens is 391 g/mol. The molecule has 1 heterocycles. The van der Waals surface area contributed by atoms with Crippen LogP contribution in [0.15, 0.2) is 24.3 Å². The van der Waals surface area contributed by atoms with Crippen LogP contribution in [0, 0.1) is 15.5 Å². The van der Waals surface area contributed by atoms with Crippen LogP contribution in [0.3, 0.4) is 0 Å². The van der Waals surface area contributed by atoms with Crippen molar-refractivity contribution >= 4 is 23.2 Å². The van der Waals surface area contributed by atoms with Gasteiger partial charge in [0.05, 0.1) is 4.92 Å². The summed E-state index contributed by atoms with van der Waals surface area (Å²) in [6.45, 7) is 5.44. The van der Waals surface area contributed by atoms with E-state index in [2.05, 4.69) is 5.32 Å². The van der Waals surface area contributed by atoms with Crippen LogP contribution in [0.1, 0.15) is 44.7 Å². The average Bonchev–Trinajstić information content (AvgIpc) is 2.91. The Morgan fingerprint density at radius 2 is 1.86 bits per heavy atom. The van der Waals surface area contributed by atoms with Crippen LogP contribution in [-0.2, 0) is 11.0 Å².